The number of carbonyl (C=O) groups is 1. The van der Waals surface area contributed by atoms with E-state index in [9.17, 15) is 15.0 Å². The minimum absolute atomic E-state index is 0.0896. The number of hydrogen-bond acceptors (Lipinski definition) is 3. The first-order valence-corrected chi connectivity index (χ1v) is 29.5. The van der Waals surface area contributed by atoms with Crippen molar-refractivity contribution in [3.8, 4) is 0 Å². The molecular weight excluding hydrogens is 867 g/mol. The van der Waals surface area contributed by atoms with Crippen LogP contribution in [-0.4, -0.2) is 34.9 Å². The maximum atomic E-state index is 12.5. The van der Waals surface area contributed by atoms with Gasteiger partial charge in [-0.25, -0.2) is 0 Å². The average Bonchev–Trinajstić information content (AvgIpc) is 3.37. The van der Waals surface area contributed by atoms with Crippen molar-refractivity contribution in [2.45, 2.75) is 264 Å². The highest BCUT2D eigenvalue weighted by Crippen LogP contribution is 2.14. The summed E-state index contributed by atoms with van der Waals surface area (Å²) in [5.41, 5.74) is 0. The molecule has 0 saturated heterocycles. The van der Waals surface area contributed by atoms with Crippen LogP contribution in [0.3, 0.4) is 0 Å². The van der Waals surface area contributed by atoms with E-state index in [-0.39, 0.29) is 12.5 Å². The lowest BCUT2D eigenvalue weighted by atomic mass is 10.0. The van der Waals surface area contributed by atoms with E-state index < -0.39 is 12.1 Å². The molecule has 71 heavy (non-hydrogen) atoms. The minimum atomic E-state index is -0.884. The standard InChI is InChI=1S/C67H111NO3/c1-3-5-7-9-11-13-15-17-19-21-23-25-27-28-29-30-31-32-33-34-35-36-37-38-39-40-41-43-45-47-49-51-53-55-57-59-61-63-67(71)68-65(64-69)66(70)62-60-58-56-54-52-50-48-46-44-42-26-24-22-20-18-16-14-12-10-8-6-4-2/h5,7,11,13,17,19,23,25,28-29,31-32,34-35,37-38,40-41,44,46,52,54,60,62,65-66,69-70H,3-4,6,8-10,12,14-16,18,20-22,24,26-27,30,33,36,39,42-43,45,47-51,53,55-59,61,63-64H2,1-2H3,(H,68,71)/b7-5-,13-11-,19-17-,25-23-,29-28-,32-31-,35-34-,38-37-,41-40-,46-44+,54-52+,62-60+. The third-order valence-corrected chi connectivity index (χ3v) is 12.5. The van der Waals surface area contributed by atoms with Gasteiger partial charge in [0, 0.05) is 6.42 Å². The Balaban J connectivity index is 3.66. The first-order chi connectivity index (χ1) is 35.2. The van der Waals surface area contributed by atoms with Gasteiger partial charge in [-0.2, -0.15) is 0 Å². The largest absolute Gasteiger partial charge is 0.394 e. The number of amides is 1. The molecule has 0 radical (unpaired) electrons. The summed E-state index contributed by atoms with van der Waals surface area (Å²) in [6.07, 6.45) is 95.8. The molecule has 0 aromatic carbocycles. The molecule has 0 bridgehead atoms. The first-order valence-electron chi connectivity index (χ1n) is 29.5. The fourth-order valence-electron chi connectivity index (χ4n) is 8.09. The van der Waals surface area contributed by atoms with Crippen LogP contribution in [0.4, 0.5) is 0 Å². The van der Waals surface area contributed by atoms with Crippen molar-refractivity contribution in [3.63, 3.8) is 0 Å². The third kappa shape index (κ3) is 57.0. The summed E-state index contributed by atoms with van der Waals surface area (Å²) in [7, 11) is 0. The van der Waals surface area contributed by atoms with Crippen molar-refractivity contribution < 1.29 is 15.0 Å². The van der Waals surface area contributed by atoms with Gasteiger partial charge in [0.05, 0.1) is 18.8 Å². The summed E-state index contributed by atoms with van der Waals surface area (Å²) in [6.45, 7) is 4.18. The summed E-state index contributed by atoms with van der Waals surface area (Å²) in [5, 5.41) is 23.1. The van der Waals surface area contributed by atoms with Gasteiger partial charge in [-0.1, -0.05) is 275 Å². The second-order valence-electron chi connectivity index (χ2n) is 19.3. The summed E-state index contributed by atoms with van der Waals surface area (Å²) in [6, 6.07) is -0.660. The smallest absolute Gasteiger partial charge is 0.220 e. The molecule has 0 saturated carbocycles. The second-order valence-corrected chi connectivity index (χ2v) is 19.3. The van der Waals surface area contributed by atoms with Gasteiger partial charge in [-0.15, -0.1) is 0 Å². The minimum Gasteiger partial charge on any atom is -0.394 e. The number of aliphatic hydroxyl groups is 2. The molecule has 1 amide bonds. The van der Waals surface area contributed by atoms with E-state index in [2.05, 4.69) is 153 Å². The van der Waals surface area contributed by atoms with E-state index >= 15 is 0 Å². The molecule has 2 unspecified atom stereocenters. The molecule has 0 aliphatic heterocycles. The summed E-state index contributed by atoms with van der Waals surface area (Å²) >= 11 is 0. The molecule has 4 heteroatoms. The van der Waals surface area contributed by atoms with Gasteiger partial charge in [0.2, 0.25) is 5.91 Å². The van der Waals surface area contributed by atoms with Crippen LogP contribution in [0, 0.1) is 0 Å². The summed E-state index contributed by atoms with van der Waals surface area (Å²) < 4.78 is 0. The second kappa shape index (κ2) is 60.6. The SMILES string of the molecule is CC/C=C\C/C=C\C/C=C\C/C=C\C/C=C\C/C=C\C/C=C\C/C=C\C/C=C\CCCCCCCCCCCC(=O)NC(CO)C(O)/C=C/CC/C=C/CC/C=C/CCCCCCCCCCCCCC. The number of carbonyl (C=O) groups excluding carboxylic acids is 1. The van der Waals surface area contributed by atoms with Gasteiger partial charge in [-0.05, 0) is 116 Å². The Hall–Kier alpha value is -3.73. The molecule has 0 aromatic heterocycles. The fraction of sp³-hybridized carbons (Fsp3) is 0.627. The molecule has 0 aliphatic rings. The molecule has 0 fully saturated rings. The highest BCUT2D eigenvalue weighted by Gasteiger charge is 2.17. The Kier molecular flexibility index (Phi) is 57.4. The van der Waals surface area contributed by atoms with Crippen molar-refractivity contribution in [2.75, 3.05) is 6.61 Å². The highest BCUT2D eigenvalue weighted by molar-refractivity contribution is 5.76. The lowest BCUT2D eigenvalue weighted by molar-refractivity contribution is -0.123. The van der Waals surface area contributed by atoms with E-state index in [1.807, 2.05) is 6.08 Å². The molecular formula is C67H111NO3. The molecule has 402 valence electrons. The van der Waals surface area contributed by atoms with Gasteiger partial charge in [0.15, 0.2) is 0 Å². The maximum Gasteiger partial charge on any atom is 0.220 e. The predicted molar refractivity (Wildman–Crippen MR) is 317 cm³/mol. The Morgan fingerprint density at radius 1 is 0.352 bits per heavy atom. The molecule has 0 rings (SSSR count). The molecule has 0 aromatic rings. The average molecular weight is 979 g/mol. The van der Waals surface area contributed by atoms with Crippen LogP contribution in [0.25, 0.3) is 0 Å². The molecule has 2 atom stereocenters. The Bertz CT molecular complexity index is 1480. The predicted octanol–water partition coefficient (Wildman–Crippen LogP) is 20.0. The number of allylic oxidation sites excluding steroid dienone is 23. The normalized spacial score (nSPS) is 13.9. The number of rotatable bonds is 52. The lowest BCUT2D eigenvalue weighted by Gasteiger charge is -2.19. The van der Waals surface area contributed by atoms with E-state index in [1.54, 1.807) is 6.08 Å². The highest BCUT2D eigenvalue weighted by atomic mass is 16.3. The zero-order valence-electron chi connectivity index (χ0n) is 46.2. The first kappa shape index (κ1) is 67.3. The van der Waals surface area contributed by atoms with Crippen LogP contribution in [0.15, 0.2) is 146 Å². The summed E-state index contributed by atoms with van der Waals surface area (Å²) in [5.74, 6) is -0.0896. The molecule has 4 nitrogen and oxygen atoms in total. The van der Waals surface area contributed by atoms with Crippen LogP contribution in [0.5, 0.6) is 0 Å². The third-order valence-electron chi connectivity index (χ3n) is 12.5. The Labute approximate surface area is 440 Å². The zero-order valence-corrected chi connectivity index (χ0v) is 46.2. The zero-order chi connectivity index (χ0) is 51.3. The fourth-order valence-corrected chi connectivity index (χ4v) is 8.09. The Morgan fingerprint density at radius 2 is 0.634 bits per heavy atom. The quantitative estimate of drug-likeness (QED) is 0.0420. The van der Waals surface area contributed by atoms with Crippen molar-refractivity contribution in [1.82, 2.24) is 5.32 Å². The summed E-state index contributed by atoms with van der Waals surface area (Å²) in [4.78, 5) is 12.5. The number of unbranched alkanes of at least 4 members (excludes halogenated alkanes) is 23. The van der Waals surface area contributed by atoms with Crippen molar-refractivity contribution in [3.05, 3.63) is 146 Å². The topological polar surface area (TPSA) is 69.6 Å². The van der Waals surface area contributed by atoms with Gasteiger partial charge in [0.25, 0.3) is 0 Å². The molecule has 0 heterocycles. The van der Waals surface area contributed by atoms with E-state index in [0.29, 0.717) is 6.42 Å². The monoisotopic (exact) mass is 978 g/mol. The van der Waals surface area contributed by atoms with E-state index in [4.69, 9.17) is 0 Å². The van der Waals surface area contributed by atoms with Gasteiger partial charge >= 0.3 is 0 Å². The number of nitrogens with one attached hydrogen (secondary N) is 1. The van der Waals surface area contributed by atoms with Crippen LogP contribution in [-0.2, 0) is 4.79 Å². The molecule has 0 spiro atoms. The van der Waals surface area contributed by atoms with Crippen LogP contribution in [0.1, 0.15) is 251 Å². The molecule has 0 aliphatic carbocycles. The van der Waals surface area contributed by atoms with E-state index in [1.165, 1.54) is 128 Å². The lowest BCUT2D eigenvalue weighted by Crippen LogP contribution is -2.45. The van der Waals surface area contributed by atoms with Crippen molar-refractivity contribution in [1.29, 1.82) is 0 Å². The van der Waals surface area contributed by atoms with Crippen LogP contribution >= 0.6 is 0 Å². The van der Waals surface area contributed by atoms with Crippen LogP contribution < -0.4 is 5.32 Å². The van der Waals surface area contributed by atoms with Crippen molar-refractivity contribution in [2.24, 2.45) is 0 Å². The number of aliphatic hydroxyl groups excluding tert-OH is 2. The maximum absolute atomic E-state index is 12.5. The van der Waals surface area contributed by atoms with Gasteiger partial charge in [0.1, 0.15) is 0 Å². The van der Waals surface area contributed by atoms with Crippen molar-refractivity contribution >= 4 is 5.91 Å². The van der Waals surface area contributed by atoms with Gasteiger partial charge in [-0.3, -0.25) is 4.79 Å². The van der Waals surface area contributed by atoms with Gasteiger partial charge < -0.3 is 15.5 Å². The molecule has 3 N–H and O–H groups in total. The Morgan fingerprint density at radius 3 is 0.986 bits per heavy atom. The van der Waals surface area contributed by atoms with Crippen LogP contribution in [0.2, 0.25) is 0 Å². The number of hydrogen-bond donors (Lipinski definition) is 3. The van der Waals surface area contributed by atoms with E-state index in [0.717, 1.165) is 103 Å².